The summed E-state index contributed by atoms with van der Waals surface area (Å²) in [7, 11) is 0. The lowest BCUT2D eigenvalue weighted by Crippen LogP contribution is -2.42. The smallest absolute Gasteiger partial charge is 0.229 e. The number of hydrogen-bond donors (Lipinski definition) is 1. The van der Waals surface area contributed by atoms with E-state index in [4.69, 9.17) is 4.74 Å². The topological polar surface area (TPSA) is 61.9 Å². The van der Waals surface area contributed by atoms with E-state index >= 15 is 0 Å². The molecular formula is C21H24FN3O3. The van der Waals surface area contributed by atoms with Gasteiger partial charge in [-0.05, 0) is 23.6 Å². The first kappa shape index (κ1) is 18.8. The Hall–Kier alpha value is -2.51. The maximum atomic E-state index is 13.6. The van der Waals surface area contributed by atoms with Gasteiger partial charge in [-0.2, -0.15) is 0 Å². The summed E-state index contributed by atoms with van der Waals surface area (Å²) in [6, 6.07) is 9.95. The largest absolute Gasteiger partial charge is 0.379 e. The van der Waals surface area contributed by atoms with Gasteiger partial charge in [0, 0.05) is 50.2 Å². The molecule has 2 aromatic rings. The van der Waals surface area contributed by atoms with Gasteiger partial charge in [-0.3, -0.25) is 14.5 Å². The molecule has 1 atom stereocenters. The summed E-state index contributed by atoms with van der Waals surface area (Å²) in [6.45, 7) is 5.06. The van der Waals surface area contributed by atoms with Gasteiger partial charge in [0.1, 0.15) is 5.82 Å². The van der Waals surface area contributed by atoms with E-state index in [1.807, 2.05) is 12.1 Å². The van der Waals surface area contributed by atoms with E-state index in [0.29, 0.717) is 24.2 Å². The van der Waals surface area contributed by atoms with Gasteiger partial charge in [-0.1, -0.05) is 18.2 Å². The van der Waals surface area contributed by atoms with Crippen molar-refractivity contribution in [2.45, 2.75) is 6.42 Å². The van der Waals surface area contributed by atoms with Gasteiger partial charge in [0.15, 0.2) is 0 Å². The number of ether oxygens (including phenoxy) is 1. The van der Waals surface area contributed by atoms with Gasteiger partial charge in [-0.15, -0.1) is 0 Å². The fourth-order valence-corrected chi connectivity index (χ4v) is 3.84. The van der Waals surface area contributed by atoms with E-state index in [-0.39, 0.29) is 30.0 Å². The Balaban J connectivity index is 1.38. The standard InChI is InChI=1S/C21H24FN3O3/c22-17-5-4-15-2-1-3-19(18(15)13-17)23-21(27)16-12-20(26)25(14-16)7-6-24-8-10-28-11-9-24/h1-5,13,16H,6-12,14H2,(H,23,27). The van der Waals surface area contributed by atoms with E-state index in [2.05, 4.69) is 10.2 Å². The van der Waals surface area contributed by atoms with E-state index in [1.165, 1.54) is 12.1 Å². The quantitative estimate of drug-likeness (QED) is 0.856. The van der Waals surface area contributed by atoms with Crippen LogP contribution in [-0.4, -0.2) is 67.6 Å². The summed E-state index contributed by atoms with van der Waals surface area (Å²) in [5.41, 5.74) is 0.571. The van der Waals surface area contributed by atoms with E-state index < -0.39 is 0 Å². The second-order valence-electron chi connectivity index (χ2n) is 7.36. The van der Waals surface area contributed by atoms with Crippen molar-refractivity contribution in [3.63, 3.8) is 0 Å². The highest BCUT2D eigenvalue weighted by Gasteiger charge is 2.34. The molecule has 2 heterocycles. The minimum atomic E-state index is -0.388. The van der Waals surface area contributed by atoms with Gasteiger partial charge in [0.2, 0.25) is 11.8 Å². The Bertz CT molecular complexity index is 882. The Morgan fingerprint density at radius 3 is 2.82 bits per heavy atom. The highest BCUT2D eigenvalue weighted by molar-refractivity contribution is 6.04. The van der Waals surface area contributed by atoms with Crippen molar-refractivity contribution in [1.29, 1.82) is 0 Å². The fraction of sp³-hybridized carbons (Fsp3) is 0.429. The molecule has 2 aromatic carbocycles. The molecule has 148 valence electrons. The van der Waals surface area contributed by atoms with Crippen LogP contribution in [0.15, 0.2) is 36.4 Å². The first-order chi connectivity index (χ1) is 13.6. The van der Waals surface area contributed by atoms with Crippen LogP contribution in [0.5, 0.6) is 0 Å². The number of carbonyl (C=O) groups is 2. The Labute approximate surface area is 163 Å². The highest BCUT2D eigenvalue weighted by Crippen LogP contribution is 2.26. The first-order valence-electron chi connectivity index (χ1n) is 9.67. The van der Waals surface area contributed by atoms with Crippen molar-refractivity contribution in [1.82, 2.24) is 9.80 Å². The number of amides is 2. The molecule has 1 N–H and O–H groups in total. The maximum absolute atomic E-state index is 13.6. The molecular weight excluding hydrogens is 361 g/mol. The lowest BCUT2D eigenvalue weighted by Gasteiger charge is -2.28. The minimum absolute atomic E-state index is 0.0115. The average molecular weight is 385 g/mol. The minimum Gasteiger partial charge on any atom is -0.379 e. The zero-order valence-electron chi connectivity index (χ0n) is 15.7. The van der Waals surface area contributed by atoms with Crippen LogP contribution >= 0.6 is 0 Å². The number of fused-ring (bicyclic) bond motifs is 1. The summed E-state index contributed by atoms with van der Waals surface area (Å²) in [6.07, 6.45) is 0.216. The van der Waals surface area contributed by atoms with Crippen molar-refractivity contribution >= 4 is 28.3 Å². The van der Waals surface area contributed by atoms with Crippen LogP contribution in [-0.2, 0) is 14.3 Å². The van der Waals surface area contributed by atoms with Gasteiger partial charge < -0.3 is 15.0 Å². The lowest BCUT2D eigenvalue weighted by atomic mass is 10.1. The van der Waals surface area contributed by atoms with Gasteiger partial charge >= 0.3 is 0 Å². The molecule has 0 aromatic heterocycles. The predicted octanol–water partition coefficient (Wildman–Crippen LogP) is 2.10. The second kappa shape index (κ2) is 8.24. The van der Waals surface area contributed by atoms with Gasteiger partial charge in [0.05, 0.1) is 19.1 Å². The van der Waals surface area contributed by atoms with Crippen molar-refractivity contribution in [3.05, 3.63) is 42.2 Å². The summed E-state index contributed by atoms with van der Waals surface area (Å²) < 4.78 is 19.0. The normalized spacial score (nSPS) is 20.7. The molecule has 1 unspecified atom stereocenters. The molecule has 0 aliphatic carbocycles. The summed E-state index contributed by atoms with van der Waals surface area (Å²) >= 11 is 0. The second-order valence-corrected chi connectivity index (χ2v) is 7.36. The molecule has 4 rings (SSSR count). The first-order valence-corrected chi connectivity index (χ1v) is 9.67. The average Bonchev–Trinajstić information content (AvgIpc) is 3.08. The predicted molar refractivity (Wildman–Crippen MR) is 104 cm³/mol. The maximum Gasteiger partial charge on any atom is 0.229 e. The number of nitrogens with zero attached hydrogens (tertiary/aromatic N) is 2. The van der Waals surface area contributed by atoms with Crippen LogP contribution < -0.4 is 5.32 Å². The fourth-order valence-electron chi connectivity index (χ4n) is 3.84. The number of rotatable bonds is 5. The zero-order valence-corrected chi connectivity index (χ0v) is 15.7. The van der Waals surface area contributed by atoms with Crippen molar-refractivity contribution in [2.24, 2.45) is 5.92 Å². The number of hydrogen-bond acceptors (Lipinski definition) is 4. The third-order valence-corrected chi connectivity index (χ3v) is 5.48. The Kier molecular flexibility index (Phi) is 5.54. The van der Waals surface area contributed by atoms with Gasteiger partial charge in [0.25, 0.3) is 0 Å². The number of nitrogens with one attached hydrogen (secondary N) is 1. The molecule has 0 bridgehead atoms. The monoisotopic (exact) mass is 385 g/mol. The molecule has 6 nitrogen and oxygen atoms in total. The van der Waals surface area contributed by atoms with Crippen LogP contribution in [0.2, 0.25) is 0 Å². The van der Waals surface area contributed by atoms with E-state index in [1.54, 1.807) is 17.0 Å². The summed E-state index contributed by atoms with van der Waals surface area (Å²) in [4.78, 5) is 29.1. The highest BCUT2D eigenvalue weighted by atomic mass is 19.1. The zero-order chi connectivity index (χ0) is 19.5. The number of morpholine rings is 1. The molecule has 7 heteroatoms. The SMILES string of the molecule is O=C(Nc1cccc2ccc(F)cc12)C1CC(=O)N(CCN2CCOCC2)C1. The van der Waals surface area contributed by atoms with Crippen LogP contribution in [0.25, 0.3) is 10.8 Å². The molecule has 0 spiro atoms. The molecule has 2 fully saturated rings. The molecule has 2 aliphatic rings. The summed E-state index contributed by atoms with van der Waals surface area (Å²) in [5, 5.41) is 4.40. The Morgan fingerprint density at radius 1 is 1.18 bits per heavy atom. The van der Waals surface area contributed by atoms with Crippen LogP contribution in [0.3, 0.4) is 0 Å². The third kappa shape index (κ3) is 4.15. The Morgan fingerprint density at radius 2 is 2.00 bits per heavy atom. The van der Waals surface area contributed by atoms with E-state index in [0.717, 1.165) is 38.2 Å². The molecule has 0 radical (unpaired) electrons. The lowest BCUT2D eigenvalue weighted by molar-refractivity contribution is -0.128. The van der Waals surface area contributed by atoms with Crippen LogP contribution in [0, 0.1) is 11.7 Å². The molecule has 2 amide bonds. The van der Waals surface area contributed by atoms with Crippen molar-refractivity contribution in [2.75, 3.05) is 51.3 Å². The van der Waals surface area contributed by atoms with Crippen molar-refractivity contribution < 1.29 is 18.7 Å². The number of benzene rings is 2. The van der Waals surface area contributed by atoms with E-state index in [9.17, 15) is 14.0 Å². The molecule has 28 heavy (non-hydrogen) atoms. The summed E-state index contributed by atoms with van der Waals surface area (Å²) in [5.74, 6) is -0.920. The van der Waals surface area contributed by atoms with Gasteiger partial charge in [-0.25, -0.2) is 4.39 Å². The molecule has 2 aliphatic heterocycles. The molecule has 2 saturated heterocycles. The van der Waals surface area contributed by atoms with Crippen LogP contribution in [0.1, 0.15) is 6.42 Å². The molecule has 0 saturated carbocycles. The number of halogens is 1. The van der Waals surface area contributed by atoms with Crippen molar-refractivity contribution in [3.8, 4) is 0 Å². The number of carbonyl (C=O) groups excluding carboxylic acids is 2. The van der Waals surface area contributed by atoms with Crippen LogP contribution in [0.4, 0.5) is 10.1 Å². The third-order valence-electron chi connectivity index (χ3n) is 5.48. The number of anilines is 1. The number of likely N-dealkylation sites (tertiary alicyclic amines) is 1.